The van der Waals surface area contributed by atoms with Crippen LogP contribution in [-0.4, -0.2) is 19.5 Å². The van der Waals surface area contributed by atoms with Crippen LogP contribution in [0.4, 0.5) is 0 Å². The van der Waals surface area contributed by atoms with E-state index in [1.165, 1.54) is 109 Å². The van der Waals surface area contributed by atoms with E-state index < -0.39 is 0 Å². The molecule has 0 spiro atoms. The van der Waals surface area contributed by atoms with Crippen LogP contribution >= 0.6 is 0 Å². The van der Waals surface area contributed by atoms with Crippen LogP contribution in [0.15, 0.2) is 0 Å². The van der Waals surface area contributed by atoms with E-state index in [1.807, 2.05) is 0 Å². The second-order valence-corrected chi connectivity index (χ2v) is 8.88. The first-order valence-electron chi connectivity index (χ1n) is 13.0. The van der Waals surface area contributed by atoms with Gasteiger partial charge in [0.15, 0.2) is 6.29 Å². The molecule has 170 valence electrons. The molecular weight excluding hydrogens is 344 g/mol. The molecule has 28 heavy (non-hydrogen) atoms. The Bertz CT molecular complexity index is 266. The molecule has 0 heterocycles. The smallest absolute Gasteiger partial charge is 0.157 e. The van der Waals surface area contributed by atoms with Crippen LogP contribution in [-0.2, 0) is 9.47 Å². The lowest BCUT2D eigenvalue weighted by atomic mass is 9.97. The van der Waals surface area contributed by atoms with E-state index in [4.69, 9.17) is 9.47 Å². The molecule has 0 saturated heterocycles. The molecule has 0 rings (SSSR count). The molecule has 2 heteroatoms. The van der Waals surface area contributed by atoms with Crippen LogP contribution < -0.4 is 0 Å². The predicted octanol–water partition coefficient (Wildman–Crippen LogP) is 9.06. The maximum atomic E-state index is 6.07. The Morgan fingerprint density at radius 1 is 0.464 bits per heavy atom. The quantitative estimate of drug-likeness (QED) is 0.126. The molecule has 1 unspecified atom stereocenters. The summed E-state index contributed by atoms with van der Waals surface area (Å²) in [6, 6.07) is 0. The zero-order valence-electron chi connectivity index (χ0n) is 20.1. The van der Waals surface area contributed by atoms with E-state index in [2.05, 4.69) is 27.7 Å². The maximum absolute atomic E-state index is 6.07. The van der Waals surface area contributed by atoms with Gasteiger partial charge in [0.25, 0.3) is 0 Å². The molecule has 0 radical (unpaired) electrons. The van der Waals surface area contributed by atoms with E-state index in [9.17, 15) is 0 Å². The van der Waals surface area contributed by atoms with Gasteiger partial charge in [-0.25, -0.2) is 0 Å². The highest BCUT2D eigenvalue weighted by atomic mass is 16.7. The third kappa shape index (κ3) is 20.6. The van der Waals surface area contributed by atoms with Gasteiger partial charge in [0, 0.05) is 13.2 Å². The average Bonchev–Trinajstić information content (AvgIpc) is 2.70. The first-order chi connectivity index (χ1) is 13.7. The van der Waals surface area contributed by atoms with Crippen molar-refractivity contribution in [3.05, 3.63) is 0 Å². The largest absolute Gasteiger partial charge is 0.353 e. The van der Waals surface area contributed by atoms with E-state index >= 15 is 0 Å². The summed E-state index contributed by atoms with van der Waals surface area (Å²) in [5.41, 5.74) is 0. The second kappa shape index (κ2) is 23.2. The zero-order valence-corrected chi connectivity index (χ0v) is 20.1. The zero-order chi connectivity index (χ0) is 20.7. The van der Waals surface area contributed by atoms with Gasteiger partial charge in [0.1, 0.15) is 0 Å². The molecule has 0 N–H and O–H groups in total. The topological polar surface area (TPSA) is 18.5 Å². The van der Waals surface area contributed by atoms with Crippen LogP contribution in [0.5, 0.6) is 0 Å². The lowest BCUT2D eigenvalue weighted by Gasteiger charge is -2.19. The Morgan fingerprint density at radius 2 is 0.893 bits per heavy atom. The normalized spacial score (nSPS) is 12.8. The van der Waals surface area contributed by atoms with Gasteiger partial charge in [-0.1, -0.05) is 118 Å². The summed E-state index contributed by atoms with van der Waals surface area (Å²) in [4.78, 5) is 0. The van der Waals surface area contributed by atoms with Crippen molar-refractivity contribution in [3.8, 4) is 0 Å². The molecule has 0 saturated carbocycles. The lowest BCUT2D eigenvalue weighted by molar-refractivity contribution is -0.148. The fourth-order valence-electron chi connectivity index (χ4n) is 3.73. The molecule has 1 atom stereocenters. The summed E-state index contributed by atoms with van der Waals surface area (Å²) in [5.74, 6) is 0.923. The summed E-state index contributed by atoms with van der Waals surface area (Å²) < 4.78 is 12.1. The highest BCUT2D eigenvalue weighted by Crippen LogP contribution is 2.18. The van der Waals surface area contributed by atoms with Gasteiger partial charge >= 0.3 is 0 Å². The Morgan fingerprint density at radius 3 is 1.43 bits per heavy atom. The fourth-order valence-corrected chi connectivity index (χ4v) is 3.73. The molecule has 0 aromatic carbocycles. The molecule has 0 aromatic heterocycles. The lowest BCUT2D eigenvalue weighted by Crippen LogP contribution is -2.19. The predicted molar refractivity (Wildman–Crippen MR) is 125 cm³/mol. The van der Waals surface area contributed by atoms with Crippen molar-refractivity contribution in [2.24, 2.45) is 5.92 Å². The summed E-state index contributed by atoms with van der Waals surface area (Å²) in [6.07, 6.45) is 23.6. The van der Waals surface area contributed by atoms with Crippen LogP contribution in [0.3, 0.4) is 0 Å². The number of unbranched alkanes of at least 4 members (excludes halogenated alkanes) is 11. The van der Waals surface area contributed by atoms with Crippen molar-refractivity contribution >= 4 is 0 Å². The Balaban J connectivity index is 3.76. The Kier molecular flexibility index (Phi) is 23.1. The highest BCUT2D eigenvalue weighted by Gasteiger charge is 2.09. The van der Waals surface area contributed by atoms with Crippen molar-refractivity contribution in [1.82, 2.24) is 0 Å². The van der Waals surface area contributed by atoms with Crippen molar-refractivity contribution in [2.75, 3.05) is 13.2 Å². The molecule has 0 aliphatic rings. The molecule has 0 aromatic rings. The van der Waals surface area contributed by atoms with Gasteiger partial charge in [-0.15, -0.1) is 0 Å². The van der Waals surface area contributed by atoms with Gasteiger partial charge in [-0.05, 0) is 31.6 Å². The van der Waals surface area contributed by atoms with Crippen molar-refractivity contribution in [3.63, 3.8) is 0 Å². The second-order valence-electron chi connectivity index (χ2n) is 8.88. The monoisotopic (exact) mass is 398 g/mol. The van der Waals surface area contributed by atoms with E-state index in [0.717, 1.165) is 25.6 Å². The van der Waals surface area contributed by atoms with Crippen LogP contribution in [0.25, 0.3) is 0 Å². The standard InChI is InChI=1S/C26H54O2/c1-5-8-11-18-23-27-26(28-24-19-12-9-6-2)22-17-15-13-14-16-21-25(4)20-10-7-3/h25-26H,5-24H2,1-4H3. The maximum Gasteiger partial charge on any atom is 0.157 e. The van der Waals surface area contributed by atoms with Crippen molar-refractivity contribution < 1.29 is 9.47 Å². The molecule has 0 fully saturated rings. The number of ether oxygens (including phenoxy) is 2. The summed E-state index contributed by atoms with van der Waals surface area (Å²) in [6.45, 7) is 11.0. The van der Waals surface area contributed by atoms with Gasteiger partial charge in [0.05, 0.1) is 0 Å². The summed E-state index contributed by atoms with van der Waals surface area (Å²) in [5, 5.41) is 0. The van der Waals surface area contributed by atoms with Crippen molar-refractivity contribution in [2.45, 2.75) is 150 Å². The van der Waals surface area contributed by atoms with Gasteiger partial charge in [0.2, 0.25) is 0 Å². The first kappa shape index (κ1) is 27.9. The Hall–Kier alpha value is -0.0800. The summed E-state index contributed by atoms with van der Waals surface area (Å²) >= 11 is 0. The summed E-state index contributed by atoms with van der Waals surface area (Å²) in [7, 11) is 0. The van der Waals surface area contributed by atoms with Gasteiger partial charge in [-0.2, -0.15) is 0 Å². The van der Waals surface area contributed by atoms with E-state index in [1.54, 1.807) is 0 Å². The molecule has 0 bridgehead atoms. The third-order valence-electron chi connectivity index (χ3n) is 5.79. The SMILES string of the molecule is CCCCCCOC(CCCCCCCC(C)CCCC)OCCCCCC. The van der Waals surface area contributed by atoms with E-state index in [0.29, 0.717) is 0 Å². The molecular formula is C26H54O2. The van der Waals surface area contributed by atoms with Crippen LogP contribution in [0.1, 0.15) is 143 Å². The molecule has 0 aliphatic heterocycles. The number of hydrogen-bond acceptors (Lipinski definition) is 2. The Labute approximate surface area is 178 Å². The van der Waals surface area contributed by atoms with Gasteiger partial charge in [-0.3, -0.25) is 0 Å². The fraction of sp³-hybridized carbons (Fsp3) is 1.00. The van der Waals surface area contributed by atoms with Crippen molar-refractivity contribution in [1.29, 1.82) is 0 Å². The number of rotatable bonds is 23. The number of hydrogen-bond donors (Lipinski definition) is 0. The third-order valence-corrected chi connectivity index (χ3v) is 5.79. The minimum atomic E-state index is 0.0392. The van der Waals surface area contributed by atoms with Gasteiger partial charge < -0.3 is 9.47 Å². The molecule has 0 amide bonds. The highest BCUT2D eigenvalue weighted by molar-refractivity contribution is 4.55. The van der Waals surface area contributed by atoms with E-state index in [-0.39, 0.29) is 6.29 Å². The minimum absolute atomic E-state index is 0.0392. The van der Waals surface area contributed by atoms with Crippen LogP contribution in [0, 0.1) is 5.92 Å². The minimum Gasteiger partial charge on any atom is -0.353 e. The first-order valence-corrected chi connectivity index (χ1v) is 13.0. The molecule has 2 nitrogen and oxygen atoms in total. The average molecular weight is 399 g/mol. The molecule has 0 aliphatic carbocycles. The van der Waals surface area contributed by atoms with Crippen LogP contribution in [0.2, 0.25) is 0 Å².